The van der Waals surface area contributed by atoms with Crippen molar-refractivity contribution >= 4 is 6.29 Å². The van der Waals surface area contributed by atoms with Crippen molar-refractivity contribution < 1.29 is 23.2 Å². The molecule has 0 aliphatic carbocycles. The van der Waals surface area contributed by atoms with Crippen LogP contribution in [0.1, 0.15) is 50.0 Å². The van der Waals surface area contributed by atoms with Crippen molar-refractivity contribution in [3.63, 3.8) is 0 Å². The van der Waals surface area contributed by atoms with Gasteiger partial charge in [0, 0.05) is 23.8 Å². The number of nitrogens with zero attached hydrogens (tertiary/aromatic N) is 2. The fourth-order valence-electron chi connectivity index (χ4n) is 2.57. The molecule has 0 aliphatic heterocycles. The summed E-state index contributed by atoms with van der Waals surface area (Å²) in [7, 11) is 1.61. The third-order valence-corrected chi connectivity index (χ3v) is 3.78. The van der Waals surface area contributed by atoms with E-state index in [1.807, 2.05) is 32.0 Å². The van der Waals surface area contributed by atoms with Crippen molar-refractivity contribution in [1.29, 1.82) is 0 Å². The first-order chi connectivity index (χ1) is 14.4. The zero-order valence-corrected chi connectivity index (χ0v) is 17.9. The smallest absolute Gasteiger partial charge is 0.258 e. The van der Waals surface area contributed by atoms with E-state index < -0.39 is 5.82 Å². The van der Waals surface area contributed by atoms with Gasteiger partial charge in [0.1, 0.15) is 11.6 Å². The maximum Gasteiger partial charge on any atom is 0.258 e. The normalized spacial score (nSPS) is 10.5. The summed E-state index contributed by atoms with van der Waals surface area (Å²) in [5.41, 5.74) is 1.95. The van der Waals surface area contributed by atoms with Gasteiger partial charge in [-0.15, -0.1) is 0 Å². The van der Waals surface area contributed by atoms with Crippen LogP contribution in [0.3, 0.4) is 0 Å². The molecule has 0 atom stereocenters. The molecule has 3 aromatic rings. The second-order valence-electron chi connectivity index (χ2n) is 6.91. The fraction of sp³-hybridized carbons (Fsp3) is 0.348. The van der Waals surface area contributed by atoms with E-state index in [1.165, 1.54) is 18.6 Å². The number of carbonyl (C=O) groups is 1. The Morgan fingerprint density at radius 2 is 1.83 bits per heavy atom. The molecule has 30 heavy (non-hydrogen) atoms. The molecule has 0 unspecified atom stereocenters. The van der Waals surface area contributed by atoms with Gasteiger partial charge in [-0.25, -0.2) is 4.39 Å². The van der Waals surface area contributed by atoms with Gasteiger partial charge in [-0.1, -0.05) is 31.5 Å². The number of rotatable bonds is 7. The standard InChI is InChI=1S/C20H19FN2O4.C3H8/c1-12(2)26-18-7-6-14(8-16(18)11-25-3)20-22-19(23-27-20)13-4-5-15(10-24)17(21)9-13;1-3-2/h4-10,12H,11H2,1-3H3;3H2,1-2H3. The lowest BCUT2D eigenvalue weighted by Gasteiger charge is -2.14. The summed E-state index contributed by atoms with van der Waals surface area (Å²) in [6.07, 6.45) is 1.74. The molecule has 1 heterocycles. The highest BCUT2D eigenvalue weighted by Gasteiger charge is 2.15. The number of carbonyl (C=O) groups excluding carboxylic acids is 1. The Labute approximate surface area is 176 Å². The van der Waals surface area contributed by atoms with E-state index in [4.69, 9.17) is 14.0 Å². The third-order valence-electron chi connectivity index (χ3n) is 3.78. The van der Waals surface area contributed by atoms with Gasteiger partial charge in [0.2, 0.25) is 5.82 Å². The largest absolute Gasteiger partial charge is 0.491 e. The van der Waals surface area contributed by atoms with E-state index in [0.717, 1.165) is 11.3 Å². The van der Waals surface area contributed by atoms with E-state index in [1.54, 1.807) is 13.2 Å². The summed E-state index contributed by atoms with van der Waals surface area (Å²) in [5.74, 6) is 0.615. The molecule has 3 rings (SSSR count). The van der Waals surface area contributed by atoms with E-state index >= 15 is 0 Å². The molecule has 7 heteroatoms. The first kappa shape index (κ1) is 23.2. The van der Waals surface area contributed by atoms with E-state index in [-0.39, 0.29) is 17.5 Å². The molecule has 0 fully saturated rings. The van der Waals surface area contributed by atoms with Crippen LogP contribution < -0.4 is 4.74 Å². The van der Waals surface area contributed by atoms with Gasteiger partial charge >= 0.3 is 0 Å². The van der Waals surface area contributed by atoms with Gasteiger partial charge in [-0.2, -0.15) is 4.98 Å². The maximum absolute atomic E-state index is 13.8. The summed E-state index contributed by atoms with van der Waals surface area (Å²) in [6.45, 7) is 8.52. The Morgan fingerprint density at radius 3 is 2.43 bits per heavy atom. The Balaban J connectivity index is 0.00000101. The minimum atomic E-state index is -0.633. The highest BCUT2D eigenvalue weighted by molar-refractivity contribution is 5.76. The van der Waals surface area contributed by atoms with Crippen LogP contribution in [0.2, 0.25) is 0 Å². The summed E-state index contributed by atoms with van der Waals surface area (Å²) >= 11 is 0. The van der Waals surface area contributed by atoms with Gasteiger partial charge in [-0.3, -0.25) is 4.79 Å². The predicted molar refractivity (Wildman–Crippen MR) is 113 cm³/mol. The molecule has 0 saturated heterocycles. The average molecular weight is 414 g/mol. The maximum atomic E-state index is 13.8. The molecular formula is C23H27FN2O4. The Bertz CT molecular complexity index is 970. The number of aldehydes is 1. The third kappa shape index (κ3) is 5.97. The number of halogens is 1. The molecule has 6 nitrogen and oxygen atoms in total. The van der Waals surface area contributed by atoms with E-state index in [9.17, 15) is 9.18 Å². The van der Waals surface area contributed by atoms with Crippen LogP contribution in [0.15, 0.2) is 40.9 Å². The topological polar surface area (TPSA) is 74.5 Å². The van der Waals surface area contributed by atoms with Gasteiger partial charge < -0.3 is 14.0 Å². The Morgan fingerprint density at radius 1 is 1.13 bits per heavy atom. The molecule has 0 N–H and O–H groups in total. The summed E-state index contributed by atoms with van der Waals surface area (Å²) < 4.78 is 30.1. The van der Waals surface area contributed by atoms with Crippen molar-refractivity contribution in [2.24, 2.45) is 0 Å². The van der Waals surface area contributed by atoms with Crippen molar-refractivity contribution in [1.82, 2.24) is 10.1 Å². The van der Waals surface area contributed by atoms with Gasteiger partial charge in [0.05, 0.1) is 18.3 Å². The van der Waals surface area contributed by atoms with E-state index in [2.05, 4.69) is 24.0 Å². The van der Waals surface area contributed by atoms with Crippen LogP contribution in [0.4, 0.5) is 4.39 Å². The lowest BCUT2D eigenvalue weighted by molar-refractivity contribution is 0.112. The first-order valence-corrected chi connectivity index (χ1v) is 9.81. The molecule has 0 aliphatic rings. The fourth-order valence-corrected chi connectivity index (χ4v) is 2.57. The quantitative estimate of drug-likeness (QED) is 0.461. The monoisotopic (exact) mass is 414 g/mol. The van der Waals surface area contributed by atoms with Gasteiger partial charge in [-0.05, 0) is 44.2 Å². The summed E-state index contributed by atoms with van der Waals surface area (Å²) in [5, 5.41) is 3.90. The first-order valence-electron chi connectivity index (χ1n) is 9.81. The SMILES string of the molecule is CCC.COCc1cc(-c2nc(-c3ccc(C=O)c(F)c3)no2)ccc1OC(C)C. The zero-order chi connectivity index (χ0) is 22.1. The minimum Gasteiger partial charge on any atom is -0.491 e. The predicted octanol–water partition coefficient (Wildman–Crippen LogP) is 5.71. The molecule has 0 saturated carbocycles. The van der Waals surface area contributed by atoms with Crippen LogP contribution >= 0.6 is 0 Å². The molecule has 0 radical (unpaired) electrons. The average Bonchev–Trinajstić information content (AvgIpc) is 3.20. The molecule has 160 valence electrons. The van der Waals surface area contributed by atoms with E-state index in [0.29, 0.717) is 29.9 Å². The Hall–Kier alpha value is -3.06. The minimum absolute atomic E-state index is 0.0209. The highest BCUT2D eigenvalue weighted by Crippen LogP contribution is 2.29. The Kier molecular flexibility index (Phi) is 8.68. The number of benzene rings is 2. The number of hydrogen-bond acceptors (Lipinski definition) is 6. The van der Waals surface area contributed by atoms with Crippen LogP contribution in [-0.2, 0) is 11.3 Å². The van der Waals surface area contributed by atoms with Crippen LogP contribution in [0.5, 0.6) is 5.75 Å². The molecule has 1 aromatic heterocycles. The second kappa shape index (κ2) is 11.2. The van der Waals surface area contributed by atoms with Crippen LogP contribution in [-0.4, -0.2) is 29.6 Å². The van der Waals surface area contributed by atoms with Crippen LogP contribution in [0, 0.1) is 5.82 Å². The van der Waals surface area contributed by atoms with Crippen molar-refractivity contribution in [2.75, 3.05) is 7.11 Å². The van der Waals surface area contributed by atoms with Crippen molar-refractivity contribution in [2.45, 2.75) is 46.8 Å². The lowest BCUT2D eigenvalue weighted by atomic mass is 10.1. The lowest BCUT2D eigenvalue weighted by Crippen LogP contribution is -2.08. The number of hydrogen-bond donors (Lipinski definition) is 0. The second-order valence-corrected chi connectivity index (χ2v) is 6.91. The van der Waals surface area contributed by atoms with Crippen molar-refractivity contribution in [3.8, 4) is 28.6 Å². The molecule has 2 aromatic carbocycles. The number of methoxy groups -OCH3 is 1. The van der Waals surface area contributed by atoms with Crippen molar-refractivity contribution in [3.05, 3.63) is 53.3 Å². The molecule has 0 spiro atoms. The van der Waals surface area contributed by atoms with Gasteiger partial charge in [0.25, 0.3) is 5.89 Å². The summed E-state index contributed by atoms with van der Waals surface area (Å²) in [4.78, 5) is 15.1. The van der Waals surface area contributed by atoms with Crippen LogP contribution in [0.25, 0.3) is 22.8 Å². The zero-order valence-electron chi connectivity index (χ0n) is 17.9. The number of aromatic nitrogens is 2. The molecule has 0 bridgehead atoms. The molecule has 0 amide bonds. The molecular weight excluding hydrogens is 387 g/mol. The number of ether oxygens (including phenoxy) is 2. The highest BCUT2D eigenvalue weighted by atomic mass is 19.1. The summed E-state index contributed by atoms with van der Waals surface area (Å²) in [6, 6.07) is 9.64. The van der Waals surface area contributed by atoms with Gasteiger partial charge in [0.15, 0.2) is 6.29 Å².